The molecular formula is C16H18N4OS. The summed E-state index contributed by atoms with van der Waals surface area (Å²) in [5, 5.41) is 4.00. The van der Waals surface area contributed by atoms with E-state index in [-0.39, 0.29) is 11.9 Å². The molecule has 2 heterocycles. The van der Waals surface area contributed by atoms with Crippen molar-refractivity contribution in [1.82, 2.24) is 14.7 Å². The normalized spacial score (nSPS) is 24.7. The quantitative estimate of drug-likeness (QED) is 0.925. The Labute approximate surface area is 133 Å². The highest BCUT2D eigenvalue weighted by atomic mass is 32.1. The van der Waals surface area contributed by atoms with Crippen molar-refractivity contribution in [2.75, 3.05) is 11.4 Å². The fraction of sp³-hybridized carbons (Fsp3) is 0.438. The Morgan fingerprint density at radius 1 is 1.18 bits per heavy atom. The molecule has 0 spiro atoms. The molecule has 5 nitrogen and oxygen atoms in total. The number of amides is 1. The first-order valence-electron chi connectivity index (χ1n) is 7.76. The number of anilines is 1. The first-order valence-corrected chi connectivity index (χ1v) is 8.54. The van der Waals surface area contributed by atoms with Gasteiger partial charge in [0.2, 0.25) is 11.0 Å². The molecule has 6 heteroatoms. The predicted molar refractivity (Wildman–Crippen MR) is 86.9 cm³/mol. The molecule has 2 atom stereocenters. The number of benzene rings is 1. The smallest absolute Gasteiger partial charge is 0.239 e. The maximum absolute atomic E-state index is 12.0. The average Bonchev–Trinajstić information content (AvgIpc) is 3.05. The number of nitrogens with one attached hydrogen (secondary N) is 1. The third-order valence-electron chi connectivity index (χ3n) is 4.48. The summed E-state index contributed by atoms with van der Waals surface area (Å²) in [6, 6.07) is 10.6. The van der Waals surface area contributed by atoms with Gasteiger partial charge in [-0.2, -0.15) is 9.36 Å². The highest BCUT2D eigenvalue weighted by molar-refractivity contribution is 7.09. The van der Waals surface area contributed by atoms with Gasteiger partial charge in [0, 0.05) is 23.1 Å². The zero-order valence-corrected chi connectivity index (χ0v) is 13.1. The number of fused-ring (bicyclic) bond motifs is 1. The number of piperazine rings is 1. The van der Waals surface area contributed by atoms with Gasteiger partial charge in [0.15, 0.2) is 5.82 Å². The van der Waals surface area contributed by atoms with Gasteiger partial charge in [-0.15, -0.1) is 0 Å². The van der Waals surface area contributed by atoms with Crippen molar-refractivity contribution in [3.63, 3.8) is 0 Å². The standard InChI is InChI=1S/C16H18N4OS/c21-14-10-20(13-9-5-4-8-12(13)17-14)16-18-15(19-22-16)11-6-2-1-3-7-11/h1-3,6-7,12-13H,4-5,8-10H2,(H,17,21). The molecular weight excluding hydrogens is 296 g/mol. The molecule has 114 valence electrons. The van der Waals surface area contributed by atoms with Gasteiger partial charge < -0.3 is 10.2 Å². The van der Waals surface area contributed by atoms with E-state index in [1.54, 1.807) is 0 Å². The molecule has 1 saturated heterocycles. The summed E-state index contributed by atoms with van der Waals surface area (Å²) in [6.45, 7) is 0.393. The van der Waals surface area contributed by atoms with Crippen LogP contribution >= 0.6 is 11.5 Å². The second-order valence-corrected chi connectivity index (χ2v) is 6.65. The van der Waals surface area contributed by atoms with Gasteiger partial charge in [-0.25, -0.2) is 0 Å². The first-order chi connectivity index (χ1) is 10.8. The van der Waals surface area contributed by atoms with Crippen LogP contribution in [0.1, 0.15) is 25.7 Å². The van der Waals surface area contributed by atoms with E-state index < -0.39 is 0 Å². The number of hydrogen-bond donors (Lipinski definition) is 1. The molecule has 2 unspecified atom stereocenters. The maximum atomic E-state index is 12.0. The Morgan fingerprint density at radius 2 is 2.00 bits per heavy atom. The van der Waals surface area contributed by atoms with E-state index in [9.17, 15) is 4.79 Å². The van der Waals surface area contributed by atoms with Crippen LogP contribution in [0.25, 0.3) is 11.4 Å². The van der Waals surface area contributed by atoms with Crippen LogP contribution in [0.2, 0.25) is 0 Å². The molecule has 0 radical (unpaired) electrons. The minimum atomic E-state index is 0.0969. The summed E-state index contributed by atoms with van der Waals surface area (Å²) in [6.07, 6.45) is 4.60. The highest BCUT2D eigenvalue weighted by Crippen LogP contribution is 2.32. The number of hydrogen-bond acceptors (Lipinski definition) is 5. The van der Waals surface area contributed by atoms with Crippen molar-refractivity contribution in [3.05, 3.63) is 30.3 Å². The highest BCUT2D eigenvalue weighted by Gasteiger charge is 2.37. The lowest BCUT2D eigenvalue weighted by molar-refractivity contribution is -0.122. The van der Waals surface area contributed by atoms with Gasteiger partial charge in [0.05, 0.1) is 12.6 Å². The second-order valence-electron chi connectivity index (χ2n) is 5.92. The Kier molecular flexibility index (Phi) is 3.54. The summed E-state index contributed by atoms with van der Waals surface area (Å²) < 4.78 is 4.48. The van der Waals surface area contributed by atoms with Gasteiger partial charge >= 0.3 is 0 Å². The number of carbonyl (C=O) groups is 1. The molecule has 0 bridgehead atoms. The van der Waals surface area contributed by atoms with Crippen molar-refractivity contribution in [1.29, 1.82) is 0 Å². The lowest BCUT2D eigenvalue weighted by atomic mass is 9.88. The molecule has 1 aliphatic carbocycles. The fourth-order valence-electron chi connectivity index (χ4n) is 3.42. The van der Waals surface area contributed by atoms with Crippen LogP contribution in [0, 0.1) is 0 Å². The summed E-state index contributed by atoms with van der Waals surface area (Å²) in [7, 11) is 0. The minimum absolute atomic E-state index is 0.0969. The molecule has 1 aromatic carbocycles. The van der Waals surface area contributed by atoms with Gasteiger partial charge in [0.1, 0.15) is 0 Å². The Hall–Kier alpha value is -1.95. The number of aromatic nitrogens is 2. The lowest BCUT2D eigenvalue weighted by Crippen LogP contribution is -2.61. The van der Waals surface area contributed by atoms with Crippen molar-refractivity contribution in [2.24, 2.45) is 0 Å². The van der Waals surface area contributed by atoms with E-state index in [1.165, 1.54) is 24.4 Å². The molecule has 1 amide bonds. The molecule has 22 heavy (non-hydrogen) atoms. The fourth-order valence-corrected chi connectivity index (χ4v) is 4.17. The zero-order chi connectivity index (χ0) is 14.9. The van der Waals surface area contributed by atoms with E-state index >= 15 is 0 Å². The predicted octanol–water partition coefficient (Wildman–Crippen LogP) is 2.45. The second kappa shape index (κ2) is 5.68. The van der Waals surface area contributed by atoms with Gasteiger partial charge in [-0.3, -0.25) is 4.79 Å². The van der Waals surface area contributed by atoms with Crippen molar-refractivity contribution >= 4 is 22.6 Å². The lowest BCUT2D eigenvalue weighted by Gasteiger charge is -2.43. The Morgan fingerprint density at radius 3 is 2.86 bits per heavy atom. The van der Waals surface area contributed by atoms with Crippen LogP contribution in [0.15, 0.2) is 30.3 Å². The van der Waals surface area contributed by atoms with E-state index in [1.807, 2.05) is 30.3 Å². The molecule has 2 aromatic rings. The summed E-state index contributed by atoms with van der Waals surface area (Å²) in [5.41, 5.74) is 1.02. The van der Waals surface area contributed by atoms with Crippen LogP contribution in [-0.4, -0.2) is 33.9 Å². The average molecular weight is 314 g/mol. The number of carbonyl (C=O) groups excluding carboxylic acids is 1. The Bertz CT molecular complexity index is 672. The van der Waals surface area contributed by atoms with Crippen LogP contribution in [-0.2, 0) is 4.79 Å². The molecule has 2 fully saturated rings. The van der Waals surface area contributed by atoms with E-state index in [0.29, 0.717) is 12.6 Å². The van der Waals surface area contributed by atoms with Crippen molar-refractivity contribution in [2.45, 2.75) is 37.8 Å². The third kappa shape index (κ3) is 2.47. The van der Waals surface area contributed by atoms with Crippen LogP contribution < -0.4 is 10.2 Å². The van der Waals surface area contributed by atoms with E-state index in [0.717, 1.165) is 29.4 Å². The first kappa shape index (κ1) is 13.7. The third-order valence-corrected chi connectivity index (χ3v) is 5.24. The molecule has 2 aliphatic rings. The van der Waals surface area contributed by atoms with E-state index in [4.69, 9.17) is 0 Å². The van der Waals surface area contributed by atoms with Crippen LogP contribution in [0.3, 0.4) is 0 Å². The van der Waals surface area contributed by atoms with Gasteiger partial charge in [-0.1, -0.05) is 43.2 Å². The Balaban J connectivity index is 1.63. The largest absolute Gasteiger partial charge is 0.350 e. The maximum Gasteiger partial charge on any atom is 0.239 e. The van der Waals surface area contributed by atoms with E-state index in [2.05, 4.69) is 19.6 Å². The molecule has 1 aliphatic heterocycles. The molecule has 1 N–H and O–H groups in total. The topological polar surface area (TPSA) is 58.1 Å². The van der Waals surface area contributed by atoms with Crippen LogP contribution in [0.5, 0.6) is 0 Å². The zero-order valence-electron chi connectivity index (χ0n) is 12.2. The molecule has 1 saturated carbocycles. The number of nitrogens with zero attached hydrogens (tertiary/aromatic N) is 3. The van der Waals surface area contributed by atoms with Crippen molar-refractivity contribution < 1.29 is 4.79 Å². The minimum Gasteiger partial charge on any atom is -0.350 e. The van der Waals surface area contributed by atoms with Crippen LogP contribution in [0.4, 0.5) is 5.13 Å². The summed E-state index contributed by atoms with van der Waals surface area (Å²) >= 11 is 1.39. The SMILES string of the molecule is O=C1CN(c2nc(-c3ccccc3)ns2)C2CCCCC2N1. The monoisotopic (exact) mass is 314 g/mol. The van der Waals surface area contributed by atoms with Gasteiger partial charge in [-0.05, 0) is 12.8 Å². The number of rotatable bonds is 2. The molecule has 4 rings (SSSR count). The summed E-state index contributed by atoms with van der Waals surface area (Å²) in [5.74, 6) is 0.846. The van der Waals surface area contributed by atoms with Crippen molar-refractivity contribution in [3.8, 4) is 11.4 Å². The molecule has 1 aromatic heterocycles. The van der Waals surface area contributed by atoms with Gasteiger partial charge in [0.25, 0.3) is 0 Å². The summed E-state index contributed by atoms with van der Waals surface area (Å²) in [4.78, 5) is 18.8.